The van der Waals surface area contributed by atoms with Crippen molar-refractivity contribution in [3.05, 3.63) is 34.1 Å². The fourth-order valence-corrected chi connectivity index (χ4v) is 6.79. The van der Waals surface area contributed by atoms with Gasteiger partial charge in [-0.3, -0.25) is 0 Å². The van der Waals surface area contributed by atoms with E-state index in [1.54, 1.807) is 0 Å². The van der Waals surface area contributed by atoms with Crippen LogP contribution in [-0.2, 0) is 6.18 Å². The van der Waals surface area contributed by atoms with E-state index in [1.165, 1.54) is 13.0 Å². The fourth-order valence-electron chi connectivity index (χ4n) is 6.51. The molecule has 2 aromatic heterocycles. The number of fused-ring (bicyclic) bond motifs is 3. The molecule has 3 aliphatic rings. The Morgan fingerprint density at radius 3 is 2.60 bits per heavy atom. The molecular weight excluding hydrogens is 550 g/mol. The molecule has 1 aliphatic carbocycles. The first-order valence-electron chi connectivity index (χ1n) is 13.3. The molecule has 4 N–H and O–H groups in total. The Balaban J connectivity index is 1.54. The number of alkyl halides is 3. The summed E-state index contributed by atoms with van der Waals surface area (Å²) in [4.78, 5) is 17.1. The third-order valence-corrected chi connectivity index (χ3v) is 8.79. The van der Waals surface area contributed by atoms with Crippen LogP contribution < -0.4 is 21.1 Å². The first-order valence-corrected chi connectivity index (χ1v) is 13.7. The number of pyridine rings is 1. The van der Waals surface area contributed by atoms with Gasteiger partial charge in [0.2, 0.25) is 0 Å². The van der Waals surface area contributed by atoms with Crippen molar-refractivity contribution in [3.63, 3.8) is 0 Å². The van der Waals surface area contributed by atoms with Crippen LogP contribution in [0, 0.1) is 12.7 Å². The van der Waals surface area contributed by atoms with Crippen molar-refractivity contribution in [2.45, 2.75) is 62.8 Å². The minimum atomic E-state index is -4.83. The molecule has 2 bridgehead atoms. The maximum Gasteiger partial charge on any atom is 0.418 e. The van der Waals surface area contributed by atoms with Gasteiger partial charge in [0.15, 0.2) is 5.82 Å². The van der Waals surface area contributed by atoms with Gasteiger partial charge in [-0.1, -0.05) is 11.6 Å². The molecule has 0 unspecified atom stereocenters. The number of ether oxygens (including phenoxy) is 1. The summed E-state index contributed by atoms with van der Waals surface area (Å²) in [5.41, 5.74) is 9.25. The first-order chi connectivity index (χ1) is 18.8. The Morgan fingerprint density at radius 1 is 1.20 bits per heavy atom. The summed E-state index contributed by atoms with van der Waals surface area (Å²) in [5, 5.41) is 0.00725. The average molecular weight is 580 g/mol. The summed E-state index contributed by atoms with van der Waals surface area (Å²) < 4.78 is 64.8. The van der Waals surface area contributed by atoms with Crippen molar-refractivity contribution in [1.29, 1.82) is 0 Å². The third kappa shape index (κ3) is 4.59. The number of piperidine rings is 1. The number of anilines is 2. The van der Waals surface area contributed by atoms with Crippen LogP contribution in [-0.4, -0.2) is 64.2 Å². The van der Waals surface area contributed by atoms with E-state index in [0.29, 0.717) is 19.0 Å². The number of halogens is 5. The van der Waals surface area contributed by atoms with Crippen molar-refractivity contribution in [2.24, 2.45) is 5.73 Å². The van der Waals surface area contributed by atoms with Crippen LogP contribution in [0.5, 0.6) is 6.01 Å². The number of aromatic nitrogens is 3. The topological polar surface area (TPSA) is 106 Å². The third-order valence-electron chi connectivity index (χ3n) is 8.49. The van der Waals surface area contributed by atoms with Crippen LogP contribution in [0.2, 0.25) is 5.02 Å². The molecule has 6 rings (SSSR count). The number of rotatable bonds is 5. The summed E-state index contributed by atoms with van der Waals surface area (Å²) in [6.07, 6.45) is -0.372. The van der Waals surface area contributed by atoms with E-state index < -0.39 is 28.8 Å². The number of hydrogen-bond donors (Lipinski definition) is 2. The van der Waals surface area contributed by atoms with Crippen LogP contribution in [0.4, 0.5) is 29.2 Å². The van der Waals surface area contributed by atoms with E-state index >= 15 is 4.39 Å². The Kier molecular flexibility index (Phi) is 6.50. The molecule has 0 amide bonds. The molecule has 3 aromatic rings. The standard InChI is InChI=1S/C27H30ClF4N7O/c1-13-8-18(33)35-23(20(13)27(30,31)32)19-17(28)9-16-22(21(19)29)36-25(40-11-15-4-3-7-38(15)2)37-24(16)39-12-26(34)6-5-14(39)10-26/h8-9,14-15H,3-7,10-12,34H2,1-2H3,(H2,33,35)/t14-,15-,26-/m0/s1. The molecule has 40 heavy (non-hydrogen) atoms. The van der Waals surface area contributed by atoms with Crippen LogP contribution in [0.15, 0.2) is 12.1 Å². The second kappa shape index (κ2) is 9.56. The Hall–Kier alpha value is -2.96. The molecule has 4 heterocycles. The highest BCUT2D eigenvalue weighted by Gasteiger charge is 2.48. The van der Waals surface area contributed by atoms with E-state index in [1.807, 2.05) is 11.9 Å². The summed E-state index contributed by atoms with van der Waals surface area (Å²) >= 11 is 6.53. The Morgan fingerprint density at radius 2 is 1.98 bits per heavy atom. The molecule has 214 valence electrons. The second-order valence-electron chi connectivity index (χ2n) is 11.3. The van der Waals surface area contributed by atoms with Crippen molar-refractivity contribution in [2.75, 3.05) is 37.4 Å². The number of likely N-dealkylation sites (tertiary alicyclic amines) is 1. The number of aryl methyl sites for hydroxylation is 1. The number of hydrogen-bond acceptors (Lipinski definition) is 8. The van der Waals surface area contributed by atoms with Crippen molar-refractivity contribution < 1.29 is 22.3 Å². The normalized spacial score (nSPS) is 24.9. The monoisotopic (exact) mass is 579 g/mol. The van der Waals surface area contributed by atoms with Gasteiger partial charge in [-0.25, -0.2) is 9.37 Å². The lowest BCUT2D eigenvalue weighted by Gasteiger charge is -2.32. The van der Waals surface area contributed by atoms with Gasteiger partial charge >= 0.3 is 12.2 Å². The summed E-state index contributed by atoms with van der Waals surface area (Å²) in [6.45, 7) is 2.98. The van der Waals surface area contributed by atoms with E-state index in [4.69, 9.17) is 27.8 Å². The zero-order chi connectivity index (χ0) is 28.6. The van der Waals surface area contributed by atoms with E-state index in [0.717, 1.165) is 44.7 Å². The minimum Gasteiger partial charge on any atom is -0.462 e. The summed E-state index contributed by atoms with van der Waals surface area (Å²) in [6, 6.07) is 2.67. The van der Waals surface area contributed by atoms with E-state index in [2.05, 4.69) is 19.9 Å². The average Bonchev–Trinajstić information content (AvgIpc) is 3.54. The first kappa shape index (κ1) is 27.2. The SMILES string of the molecule is Cc1cc(N)nc(-c2c(Cl)cc3c(N4C[C@]5(N)CC[C@H]4C5)nc(OC[C@@H]4CCCN4C)nc3c2F)c1C(F)(F)F. The molecule has 8 nitrogen and oxygen atoms in total. The van der Waals surface area contributed by atoms with Gasteiger partial charge in [0.05, 0.1) is 21.8 Å². The smallest absolute Gasteiger partial charge is 0.418 e. The van der Waals surface area contributed by atoms with Gasteiger partial charge in [0, 0.05) is 29.6 Å². The van der Waals surface area contributed by atoms with Gasteiger partial charge in [-0.2, -0.15) is 23.1 Å². The van der Waals surface area contributed by atoms with Crippen molar-refractivity contribution in [1.82, 2.24) is 19.9 Å². The van der Waals surface area contributed by atoms with E-state index in [-0.39, 0.29) is 50.9 Å². The molecule has 13 heteroatoms. The quantitative estimate of drug-likeness (QED) is 0.410. The molecule has 3 atom stereocenters. The number of benzene rings is 1. The number of nitrogen functional groups attached to an aromatic ring is 1. The van der Waals surface area contributed by atoms with Crippen molar-refractivity contribution in [3.8, 4) is 17.3 Å². The zero-order valence-corrected chi connectivity index (χ0v) is 22.9. The van der Waals surface area contributed by atoms with Crippen molar-refractivity contribution >= 4 is 34.1 Å². The fraction of sp³-hybridized carbons (Fsp3) is 0.519. The lowest BCUT2D eigenvalue weighted by atomic mass is 9.98. The van der Waals surface area contributed by atoms with Gasteiger partial charge in [0.1, 0.15) is 23.8 Å². The number of likely N-dealkylation sites (N-methyl/N-ethyl adjacent to an activating group) is 1. The highest BCUT2D eigenvalue weighted by atomic mass is 35.5. The Bertz CT molecular complexity index is 1500. The van der Waals surface area contributed by atoms with Crippen LogP contribution in [0.1, 0.15) is 43.2 Å². The molecule has 3 fully saturated rings. The van der Waals surface area contributed by atoms with Gasteiger partial charge in [-0.05, 0) is 70.3 Å². The maximum absolute atomic E-state index is 16.4. The lowest BCUT2D eigenvalue weighted by Crippen LogP contribution is -2.45. The maximum atomic E-state index is 16.4. The Labute approximate surface area is 233 Å². The van der Waals surface area contributed by atoms with Gasteiger partial charge < -0.3 is 26.0 Å². The predicted molar refractivity (Wildman–Crippen MR) is 145 cm³/mol. The predicted octanol–water partition coefficient (Wildman–Crippen LogP) is 4.94. The lowest BCUT2D eigenvalue weighted by molar-refractivity contribution is -0.137. The highest BCUT2D eigenvalue weighted by Crippen LogP contribution is 2.47. The van der Waals surface area contributed by atoms with Crippen LogP contribution in [0.3, 0.4) is 0 Å². The molecule has 1 saturated carbocycles. The second-order valence-corrected chi connectivity index (χ2v) is 11.7. The number of nitrogens with two attached hydrogens (primary N) is 2. The van der Waals surface area contributed by atoms with Gasteiger partial charge in [0.25, 0.3) is 0 Å². The highest BCUT2D eigenvalue weighted by molar-refractivity contribution is 6.34. The summed E-state index contributed by atoms with van der Waals surface area (Å²) in [7, 11) is 2.00. The van der Waals surface area contributed by atoms with Crippen LogP contribution in [0.25, 0.3) is 22.2 Å². The summed E-state index contributed by atoms with van der Waals surface area (Å²) in [5.74, 6) is -0.841. The molecule has 1 aromatic carbocycles. The molecular formula is C27H30ClF4N7O. The zero-order valence-electron chi connectivity index (χ0n) is 22.2. The molecule has 2 aliphatic heterocycles. The molecule has 2 saturated heterocycles. The number of nitrogens with zero attached hydrogens (tertiary/aromatic N) is 5. The minimum absolute atomic E-state index is 0.0587. The van der Waals surface area contributed by atoms with E-state index in [9.17, 15) is 13.2 Å². The molecule has 0 radical (unpaired) electrons. The van der Waals surface area contributed by atoms with Crippen LogP contribution >= 0.6 is 11.6 Å². The largest absolute Gasteiger partial charge is 0.462 e. The molecule has 0 spiro atoms. The van der Waals surface area contributed by atoms with Gasteiger partial charge in [-0.15, -0.1) is 0 Å².